The van der Waals surface area contributed by atoms with Gasteiger partial charge in [0.1, 0.15) is 0 Å². The summed E-state index contributed by atoms with van der Waals surface area (Å²) in [5, 5.41) is 10.8. The van der Waals surface area contributed by atoms with E-state index >= 15 is 0 Å². The summed E-state index contributed by atoms with van der Waals surface area (Å²) < 4.78 is 4.86. The van der Waals surface area contributed by atoms with Crippen molar-refractivity contribution < 1.29 is 14.5 Å². The molecule has 0 saturated carbocycles. The smallest absolute Gasteiger partial charge is 0.318 e. The molecule has 0 unspecified atom stereocenters. The van der Waals surface area contributed by atoms with Gasteiger partial charge in [-0.05, 0) is 18.2 Å². The van der Waals surface area contributed by atoms with E-state index in [1.807, 2.05) is 0 Å². The first-order chi connectivity index (χ1) is 7.56. The van der Waals surface area contributed by atoms with Gasteiger partial charge >= 0.3 is 5.69 Å². The van der Waals surface area contributed by atoms with Crippen molar-refractivity contribution in [3.8, 4) is 5.75 Å². The van der Waals surface area contributed by atoms with Gasteiger partial charge in [-0.15, -0.1) is 0 Å². The summed E-state index contributed by atoms with van der Waals surface area (Å²) in [7, 11) is 1.34. The number of nitrogens with zero attached hydrogens (tertiary/aromatic N) is 1. The maximum absolute atomic E-state index is 10.8. The molecule has 0 spiro atoms. The fourth-order valence-corrected chi connectivity index (χ4v) is 1.21. The first-order valence-electron chi connectivity index (χ1n) is 4.35. The number of carbonyl (C=O) groups is 1. The monoisotopic (exact) mass is 222 g/mol. The van der Waals surface area contributed by atoms with Crippen molar-refractivity contribution in [2.24, 2.45) is 5.73 Å². The van der Waals surface area contributed by atoms with E-state index in [0.717, 1.165) is 6.08 Å². The van der Waals surface area contributed by atoms with Crippen LogP contribution in [-0.4, -0.2) is 17.9 Å². The molecule has 0 bridgehead atoms. The Morgan fingerprint density at radius 1 is 1.56 bits per heavy atom. The molecule has 0 aliphatic heterocycles. The third-order valence-corrected chi connectivity index (χ3v) is 1.86. The SMILES string of the molecule is COc1cccc(/C=C\C(N)=O)c1[N+](=O)[O-]. The number of nitrogens with two attached hydrogens (primary N) is 1. The lowest BCUT2D eigenvalue weighted by atomic mass is 10.1. The number of ether oxygens (including phenoxy) is 1. The number of amides is 1. The molecular weight excluding hydrogens is 212 g/mol. The van der Waals surface area contributed by atoms with E-state index in [9.17, 15) is 14.9 Å². The standard InChI is InChI=1S/C10H10N2O4/c1-16-8-4-2-3-7(5-6-9(11)13)10(8)12(14)15/h2-6H,1H3,(H2,11,13)/b6-5-. The molecule has 16 heavy (non-hydrogen) atoms. The average Bonchev–Trinajstić information content (AvgIpc) is 2.25. The first-order valence-corrected chi connectivity index (χ1v) is 4.35. The summed E-state index contributed by atoms with van der Waals surface area (Å²) in [6.07, 6.45) is 2.34. The van der Waals surface area contributed by atoms with Crippen LogP contribution in [0.25, 0.3) is 6.08 Å². The predicted octanol–water partition coefficient (Wildman–Crippen LogP) is 1.10. The fourth-order valence-electron chi connectivity index (χ4n) is 1.21. The van der Waals surface area contributed by atoms with Crippen LogP contribution in [0.5, 0.6) is 5.75 Å². The topological polar surface area (TPSA) is 95.5 Å². The molecule has 2 N–H and O–H groups in total. The van der Waals surface area contributed by atoms with Crippen molar-refractivity contribution in [2.75, 3.05) is 7.11 Å². The Labute approximate surface area is 91.5 Å². The van der Waals surface area contributed by atoms with E-state index in [4.69, 9.17) is 10.5 Å². The number of nitro groups is 1. The minimum Gasteiger partial charge on any atom is -0.490 e. The van der Waals surface area contributed by atoms with Crippen LogP contribution in [0.1, 0.15) is 5.56 Å². The summed E-state index contributed by atoms with van der Waals surface area (Å²) in [5.74, 6) is -0.534. The number of para-hydroxylation sites is 1. The minimum atomic E-state index is -0.669. The lowest BCUT2D eigenvalue weighted by molar-refractivity contribution is -0.386. The van der Waals surface area contributed by atoms with E-state index in [1.54, 1.807) is 6.07 Å². The van der Waals surface area contributed by atoms with Crippen LogP contribution >= 0.6 is 0 Å². The highest BCUT2D eigenvalue weighted by Gasteiger charge is 2.18. The van der Waals surface area contributed by atoms with Crippen molar-refractivity contribution in [2.45, 2.75) is 0 Å². The van der Waals surface area contributed by atoms with Crippen LogP contribution in [0.15, 0.2) is 24.3 Å². The van der Waals surface area contributed by atoms with Gasteiger partial charge in [0.05, 0.1) is 17.6 Å². The maximum Gasteiger partial charge on any atom is 0.318 e. The molecule has 6 nitrogen and oxygen atoms in total. The Morgan fingerprint density at radius 2 is 2.25 bits per heavy atom. The number of nitro benzene ring substituents is 1. The molecule has 1 aromatic carbocycles. The number of carbonyl (C=O) groups excluding carboxylic acids is 1. The van der Waals surface area contributed by atoms with Gasteiger partial charge in [-0.2, -0.15) is 0 Å². The molecule has 0 aromatic heterocycles. The molecule has 1 amide bonds. The van der Waals surface area contributed by atoms with Crippen molar-refractivity contribution >= 4 is 17.7 Å². The second-order valence-electron chi connectivity index (χ2n) is 2.89. The van der Waals surface area contributed by atoms with Crippen LogP contribution in [0, 0.1) is 10.1 Å². The first kappa shape index (κ1) is 11.7. The molecular formula is C10H10N2O4. The molecule has 0 saturated heterocycles. The van der Waals surface area contributed by atoms with Gasteiger partial charge in [0.25, 0.3) is 0 Å². The number of rotatable bonds is 4. The molecule has 0 fully saturated rings. The second-order valence-corrected chi connectivity index (χ2v) is 2.89. The number of methoxy groups -OCH3 is 1. The normalized spacial score (nSPS) is 10.3. The lowest BCUT2D eigenvalue weighted by Gasteiger charge is -2.03. The van der Waals surface area contributed by atoms with E-state index in [-0.39, 0.29) is 17.0 Å². The highest BCUT2D eigenvalue weighted by molar-refractivity contribution is 5.91. The second kappa shape index (κ2) is 4.92. The Kier molecular flexibility index (Phi) is 3.60. The Morgan fingerprint density at radius 3 is 2.75 bits per heavy atom. The predicted molar refractivity (Wildman–Crippen MR) is 57.9 cm³/mol. The van der Waals surface area contributed by atoms with Crippen molar-refractivity contribution in [3.05, 3.63) is 40.0 Å². The lowest BCUT2D eigenvalue weighted by Crippen LogP contribution is -2.05. The summed E-state index contributed by atoms with van der Waals surface area (Å²) in [6.45, 7) is 0. The van der Waals surface area contributed by atoms with Gasteiger partial charge in [0.2, 0.25) is 5.91 Å². The van der Waals surface area contributed by atoms with Gasteiger partial charge in [-0.25, -0.2) is 0 Å². The molecule has 84 valence electrons. The van der Waals surface area contributed by atoms with Gasteiger partial charge in [-0.3, -0.25) is 14.9 Å². The summed E-state index contributed by atoms with van der Waals surface area (Å²) >= 11 is 0. The molecule has 0 aliphatic rings. The van der Waals surface area contributed by atoms with E-state index < -0.39 is 10.8 Å². The zero-order valence-electron chi connectivity index (χ0n) is 8.54. The Hall–Kier alpha value is -2.37. The largest absolute Gasteiger partial charge is 0.490 e. The molecule has 0 atom stereocenters. The quantitative estimate of drug-likeness (QED) is 0.468. The summed E-state index contributed by atoms with van der Waals surface area (Å²) in [4.78, 5) is 20.8. The highest BCUT2D eigenvalue weighted by Crippen LogP contribution is 2.31. The van der Waals surface area contributed by atoms with Gasteiger partial charge < -0.3 is 10.5 Å². The molecule has 1 rings (SSSR count). The van der Waals surface area contributed by atoms with Crippen LogP contribution in [0.2, 0.25) is 0 Å². The number of hydrogen-bond acceptors (Lipinski definition) is 4. The third kappa shape index (κ3) is 2.57. The van der Waals surface area contributed by atoms with Crippen molar-refractivity contribution in [1.29, 1.82) is 0 Å². The van der Waals surface area contributed by atoms with E-state index in [2.05, 4.69) is 0 Å². The van der Waals surface area contributed by atoms with Gasteiger partial charge in [-0.1, -0.05) is 6.07 Å². The minimum absolute atomic E-state index is 0.136. The summed E-state index contributed by atoms with van der Waals surface area (Å²) in [6, 6.07) is 4.56. The molecule has 0 aliphatic carbocycles. The average molecular weight is 222 g/mol. The molecule has 0 radical (unpaired) electrons. The van der Waals surface area contributed by atoms with Crippen LogP contribution in [-0.2, 0) is 4.79 Å². The van der Waals surface area contributed by atoms with E-state index in [1.165, 1.54) is 25.3 Å². The fraction of sp³-hybridized carbons (Fsp3) is 0.100. The van der Waals surface area contributed by atoms with Crippen LogP contribution < -0.4 is 10.5 Å². The van der Waals surface area contributed by atoms with Crippen LogP contribution in [0.3, 0.4) is 0 Å². The maximum atomic E-state index is 10.8. The van der Waals surface area contributed by atoms with E-state index in [0.29, 0.717) is 0 Å². The number of primary amides is 1. The summed E-state index contributed by atoms with van der Waals surface area (Å²) in [5.41, 5.74) is 4.98. The molecule has 0 heterocycles. The van der Waals surface area contributed by atoms with Gasteiger partial charge in [0.15, 0.2) is 5.75 Å². The number of benzene rings is 1. The molecule has 6 heteroatoms. The Bertz CT molecular complexity index is 454. The zero-order chi connectivity index (χ0) is 12.1. The van der Waals surface area contributed by atoms with Crippen LogP contribution in [0.4, 0.5) is 5.69 Å². The highest BCUT2D eigenvalue weighted by atomic mass is 16.6. The third-order valence-electron chi connectivity index (χ3n) is 1.86. The molecule has 1 aromatic rings. The van der Waals surface area contributed by atoms with Crippen molar-refractivity contribution in [1.82, 2.24) is 0 Å². The van der Waals surface area contributed by atoms with Gasteiger partial charge in [0, 0.05) is 6.08 Å². The Balaban J connectivity index is 3.27. The zero-order valence-corrected chi connectivity index (χ0v) is 8.54. The number of hydrogen-bond donors (Lipinski definition) is 1. The van der Waals surface area contributed by atoms with Crippen molar-refractivity contribution in [3.63, 3.8) is 0 Å².